The Hall–Kier alpha value is -1.66. The Bertz CT molecular complexity index is 522. The summed E-state index contributed by atoms with van der Waals surface area (Å²) in [4.78, 5) is 8.16. The third kappa shape index (κ3) is 2.30. The van der Waals surface area contributed by atoms with Crippen LogP contribution in [0, 0.1) is 0 Å². The molecular weight excluding hydrogens is 232 g/mol. The molecule has 2 unspecified atom stereocenters. The molecule has 0 saturated carbocycles. The van der Waals surface area contributed by atoms with E-state index in [-0.39, 0.29) is 18.9 Å². The van der Waals surface area contributed by atoms with E-state index in [0.717, 1.165) is 17.5 Å². The third-order valence-electron chi connectivity index (χ3n) is 2.98. The number of nitrogens with two attached hydrogens (primary N) is 1. The van der Waals surface area contributed by atoms with E-state index in [9.17, 15) is 0 Å². The lowest BCUT2D eigenvalue weighted by Gasteiger charge is -2.21. The molecule has 18 heavy (non-hydrogen) atoms. The van der Waals surface area contributed by atoms with Gasteiger partial charge in [0.05, 0.1) is 18.1 Å². The molecule has 0 aliphatic heterocycles. The summed E-state index contributed by atoms with van der Waals surface area (Å²) in [5.74, 6) is 0.458. The molecular formula is C12H18N4O2. The predicted octanol–water partition coefficient (Wildman–Crippen LogP) is 1.32. The summed E-state index contributed by atoms with van der Waals surface area (Å²) >= 11 is 0. The van der Waals surface area contributed by atoms with Gasteiger partial charge in [0.15, 0.2) is 0 Å². The molecule has 3 N–H and O–H groups in total. The van der Waals surface area contributed by atoms with Crippen LogP contribution in [-0.2, 0) is 4.74 Å². The summed E-state index contributed by atoms with van der Waals surface area (Å²) in [7, 11) is 0. The molecule has 2 rings (SSSR count). The smallest absolute Gasteiger partial charge is 0.147 e. The van der Waals surface area contributed by atoms with Crippen molar-refractivity contribution >= 4 is 16.9 Å². The van der Waals surface area contributed by atoms with Gasteiger partial charge in [-0.15, -0.1) is 0 Å². The fourth-order valence-electron chi connectivity index (χ4n) is 1.90. The number of hydrogen-bond acceptors (Lipinski definition) is 5. The number of fused-ring (bicyclic) bond motifs is 1. The molecule has 0 aliphatic rings. The topological polar surface area (TPSA) is 86.2 Å². The zero-order valence-corrected chi connectivity index (χ0v) is 10.6. The van der Waals surface area contributed by atoms with E-state index in [2.05, 4.69) is 9.97 Å². The average Bonchev–Trinajstić information content (AvgIpc) is 2.81. The van der Waals surface area contributed by atoms with Gasteiger partial charge in [0.25, 0.3) is 0 Å². The summed E-state index contributed by atoms with van der Waals surface area (Å²) in [5, 5.41) is 9.96. The van der Waals surface area contributed by atoms with Crippen molar-refractivity contribution in [3.8, 4) is 0 Å². The van der Waals surface area contributed by atoms with Crippen molar-refractivity contribution < 1.29 is 9.84 Å². The Balaban J connectivity index is 2.28. The maximum atomic E-state index is 9.15. The molecule has 0 radical (unpaired) electrons. The number of rotatable bonds is 5. The number of hydrogen-bond donors (Lipinski definition) is 2. The summed E-state index contributed by atoms with van der Waals surface area (Å²) < 4.78 is 7.63. The summed E-state index contributed by atoms with van der Waals surface area (Å²) in [6.45, 7) is 3.90. The first-order valence-corrected chi connectivity index (χ1v) is 6.00. The zero-order valence-electron chi connectivity index (χ0n) is 10.6. The monoisotopic (exact) mass is 250 g/mol. The number of aliphatic hydroxyl groups is 1. The van der Waals surface area contributed by atoms with Crippen molar-refractivity contribution in [2.24, 2.45) is 0 Å². The zero-order chi connectivity index (χ0) is 13.1. The fraction of sp³-hybridized carbons (Fsp3) is 0.500. The van der Waals surface area contributed by atoms with Gasteiger partial charge in [-0.3, -0.25) is 0 Å². The molecule has 0 fully saturated rings. The lowest BCUT2D eigenvalue weighted by molar-refractivity contribution is -0.0645. The van der Waals surface area contributed by atoms with Gasteiger partial charge in [0.2, 0.25) is 0 Å². The van der Waals surface area contributed by atoms with Crippen LogP contribution in [0.3, 0.4) is 0 Å². The summed E-state index contributed by atoms with van der Waals surface area (Å²) in [5.41, 5.74) is 6.52. The molecule has 6 heteroatoms. The lowest BCUT2D eigenvalue weighted by atomic mass is 10.3. The van der Waals surface area contributed by atoms with E-state index in [1.54, 1.807) is 0 Å². The minimum absolute atomic E-state index is 0.0111. The SMILES string of the molecule is CCC(CO)OC(C)n1ccc2c(N)ncnc21. The van der Waals surface area contributed by atoms with Gasteiger partial charge in [-0.1, -0.05) is 6.92 Å². The first kappa shape index (κ1) is 12.8. The summed E-state index contributed by atoms with van der Waals surface area (Å²) in [6.07, 6.45) is 3.68. The Morgan fingerprint density at radius 3 is 2.94 bits per heavy atom. The van der Waals surface area contributed by atoms with Crippen LogP contribution < -0.4 is 5.73 Å². The van der Waals surface area contributed by atoms with Crippen LogP contribution in [-0.4, -0.2) is 32.4 Å². The molecule has 2 atom stereocenters. The van der Waals surface area contributed by atoms with Crippen LogP contribution in [0.4, 0.5) is 5.82 Å². The van der Waals surface area contributed by atoms with Crippen molar-refractivity contribution in [2.45, 2.75) is 32.6 Å². The molecule has 2 aromatic heterocycles. The highest BCUT2D eigenvalue weighted by Crippen LogP contribution is 2.22. The number of nitrogens with zero attached hydrogens (tertiary/aromatic N) is 3. The van der Waals surface area contributed by atoms with Crippen LogP contribution in [0.25, 0.3) is 11.0 Å². The van der Waals surface area contributed by atoms with Crippen LogP contribution in [0.15, 0.2) is 18.6 Å². The predicted molar refractivity (Wildman–Crippen MR) is 68.9 cm³/mol. The number of aromatic nitrogens is 3. The van der Waals surface area contributed by atoms with E-state index in [1.165, 1.54) is 6.33 Å². The number of nitrogen functional groups attached to an aromatic ring is 1. The van der Waals surface area contributed by atoms with Gasteiger partial charge < -0.3 is 20.1 Å². The third-order valence-corrected chi connectivity index (χ3v) is 2.98. The van der Waals surface area contributed by atoms with Crippen molar-refractivity contribution in [3.05, 3.63) is 18.6 Å². The quantitative estimate of drug-likeness (QED) is 0.835. The van der Waals surface area contributed by atoms with E-state index in [0.29, 0.717) is 5.82 Å². The standard InChI is InChI=1S/C12H18N4O2/c1-3-9(6-17)18-8(2)16-5-4-10-11(13)14-7-15-12(10)16/h4-5,7-9,17H,3,6H2,1-2H3,(H2,13,14,15). The fourth-order valence-corrected chi connectivity index (χ4v) is 1.90. The lowest BCUT2D eigenvalue weighted by Crippen LogP contribution is -2.21. The van der Waals surface area contributed by atoms with Gasteiger partial charge in [0.1, 0.15) is 24.0 Å². The molecule has 0 saturated heterocycles. The maximum absolute atomic E-state index is 9.15. The number of anilines is 1. The highest BCUT2D eigenvalue weighted by Gasteiger charge is 2.15. The van der Waals surface area contributed by atoms with E-state index < -0.39 is 0 Å². The highest BCUT2D eigenvalue weighted by atomic mass is 16.5. The van der Waals surface area contributed by atoms with Crippen LogP contribution in [0.1, 0.15) is 26.5 Å². The van der Waals surface area contributed by atoms with E-state index in [4.69, 9.17) is 15.6 Å². The van der Waals surface area contributed by atoms with E-state index >= 15 is 0 Å². The Morgan fingerprint density at radius 1 is 1.50 bits per heavy atom. The largest absolute Gasteiger partial charge is 0.394 e. The first-order chi connectivity index (χ1) is 8.67. The second-order valence-electron chi connectivity index (χ2n) is 4.17. The molecule has 0 spiro atoms. The minimum Gasteiger partial charge on any atom is -0.394 e. The first-order valence-electron chi connectivity index (χ1n) is 6.00. The molecule has 6 nitrogen and oxygen atoms in total. The average molecular weight is 250 g/mol. The Labute approximate surface area is 105 Å². The molecule has 0 aliphatic carbocycles. The van der Waals surface area contributed by atoms with Crippen LogP contribution in [0.2, 0.25) is 0 Å². The second-order valence-corrected chi connectivity index (χ2v) is 4.17. The molecule has 98 valence electrons. The Morgan fingerprint density at radius 2 is 2.28 bits per heavy atom. The Kier molecular flexibility index (Phi) is 3.78. The molecule has 2 heterocycles. The molecule has 2 aromatic rings. The molecule has 0 amide bonds. The van der Waals surface area contributed by atoms with Crippen molar-refractivity contribution in [1.29, 1.82) is 0 Å². The van der Waals surface area contributed by atoms with Crippen LogP contribution in [0.5, 0.6) is 0 Å². The highest BCUT2D eigenvalue weighted by molar-refractivity contribution is 5.85. The van der Waals surface area contributed by atoms with Gasteiger partial charge >= 0.3 is 0 Å². The molecule has 0 bridgehead atoms. The van der Waals surface area contributed by atoms with Crippen molar-refractivity contribution in [3.63, 3.8) is 0 Å². The van der Waals surface area contributed by atoms with Crippen molar-refractivity contribution in [2.75, 3.05) is 12.3 Å². The van der Waals surface area contributed by atoms with Gasteiger partial charge in [0, 0.05) is 6.20 Å². The molecule has 0 aromatic carbocycles. The normalized spacial score (nSPS) is 14.8. The maximum Gasteiger partial charge on any atom is 0.147 e. The minimum atomic E-state index is -0.214. The number of aliphatic hydroxyl groups excluding tert-OH is 1. The van der Waals surface area contributed by atoms with Gasteiger partial charge in [-0.2, -0.15) is 0 Å². The van der Waals surface area contributed by atoms with Crippen molar-refractivity contribution in [1.82, 2.24) is 14.5 Å². The van der Waals surface area contributed by atoms with Gasteiger partial charge in [-0.05, 0) is 19.4 Å². The van der Waals surface area contributed by atoms with Crippen LogP contribution >= 0.6 is 0 Å². The van der Waals surface area contributed by atoms with E-state index in [1.807, 2.05) is 30.7 Å². The second kappa shape index (κ2) is 5.32. The summed E-state index contributed by atoms with van der Waals surface area (Å²) in [6, 6.07) is 1.87. The number of ether oxygens (including phenoxy) is 1. The van der Waals surface area contributed by atoms with Gasteiger partial charge in [-0.25, -0.2) is 9.97 Å².